The molecule has 0 saturated heterocycles. The maximum absolute atomic E-state index is 11.0. The molecule has 0 atom stereocenters. The van der Waals surface area contributed by atoms with Crippen LogP contribution in [-0.2, 0) is 0 Å². The molecule has 0 amide bonds. The lowest BCUT2D eigenvalue weighted by Crippen LogP contribution is -2.34. The van der Waals surface area contributed by atoms with E-state index < -0.39 is 28.0 Å². The second-order valence-electron chi connectivity index (χ2n) is 5.61. The molecule has 3 aromatic rings. The SMILES string of the molecule is Cc1c(O)c(C)[n+](O)c(O)c1-c1noc(-c2cc(O)c(O)c([N+](=O)[O-])c2)n1. The van der Waals surface area contributed by atoms with Crippen LogP contribution in [0.2, 0.25) is 0 Å². The van der Waals surface area contributed by atoms with E-state index >= 15 is 0 Å². The molecular weight excluding hydrogens is 364 g/mol. The van der Waals surface area contributed by atoms with Gasteiger partial charge in [-0.2, -0.15) is 4.98 Å². The van der Waals surface area contributed by atoms with Gasteiger partial charge in [-0.3, -0.25) is 15.3 Å². The highest BCUT2D eigenvalue weighted by Crippen LogP contribution is 2.40. The van der Waals surface area contributed by atoms with Gasteiger partial charge in [-0.1, -0.05) is 5.16 Å². The van der Waals surface area contributed by atoms with Crippen molar-refractivity contribution < 1.29 is 39.8 Å². The lowest BCUT2D eigenvalue weighted by molar-refractivity contribution is -0.910. The molecule has 0 unspecified atom stereocenters. The quantitative estimate of drug-likeness (QED) is 0.146. The minimum absolute atomic E-state index is 0.0171. The third-order valence-electron chi connectivity index (χ3n) is 3.98. The van der Waals surface area contributed by atoms with Gasteiger partial charge < -0.3 is 24.9 Å². The molecule has 2 heterocycles. The summed E-state index contributed by atoms with van der Waals surface area (Å²) in [6.07, 6.45) is 0. The topological polar surface area (TPSA) is 187 Å². The van der Waals surface area contributed by atoms with Crippen molar-refractivity contribution in [3.05, 3.63) is 33.5 Å². The van der Waals surface area contributed by atoms with Crippen LogP contribution in [0, 0.1) is 24.0 Å². The molecule has 0 radical (unpaired) electrons. The van der Waals surface area contributed by atoms with Crippen molar-refractivity contribution in [1.29, 1.82) is 0 Å². The Bertz CT molecular complexity index is 1060. The summed E-state index contributed by atoms with van der Waals surface area (Å²) in [4.78, 5) is 14.0. The molecule has 0 aliphatic rings. The van der Waals surface area contributed by atoms with Crippen molar-refractivity contribution in [2.45, 2.75) is 13.8 Å². The lowest BCUT2D eigenvalue weighted by Gasteiger charge is -2.04. The van der Waals surface area contributed by atoms with Crippen molar-refractivity contribution in [2.24, 2.45) is 0 Å². The standard InChI is InChI=1S/C15H12N4O8/c1-5-10(15(23)18(24)6(2)11(5)21)13-16-14(27-17-13)7-3-8(19(25)26)12(22)9(20)4-7/h3-4,24H,1-2H3,(H3,16,17,20,21,22)/p+1. The van der Waals surface area contributed by atoms with E-state index in [0.717, 1.165) is 12.1 Å². The largest absolute Gasteiger partial charge is 0.504 e. The van der Waals surface area contributed by atoms with Crippen LogP contribution in [0.4, 0.5) is 5.69 Å². The van der Waals surface area contributed by atoms with Gasteiger partial charge >= 0.3 is 11.6 Å². The highest BCUT2D eigenvalue weighted by atomic mass is 16.6. The molecule has 0 bridgehead atoms. The van der Waals surface area contributed by atoms with Crippen molar-refractivity contribution in [2.75, 3.05) is 0 Å². The van der Waals surface area contributed by atoms with E-state index in [1.165, 1.54) is 13.8 Å². The summed E-state index contributed by atoms with van der Waals surface area (Å²) in [5, 5.41) is 63.8. The monoisotopic (exact) mass is 377 g/mol. The zero-order valence-corrected chi connectivity index (χ0v) is 13.9. The Balaban J connectivity index is 2.17. The minimum atomic E-state index is -0.915. The Morgan fingerprint density at radius 3 is 2.44 bits per heavy atom. The first-order valence-electron chi connectivity index (χ1n) is 7.34. The normalized spacial score (nSPS) is 10.9. The number of benzene rings is 1. The van der Waals surface area contributed by atoms with Gasteiger partial charge in [-0.25, -0.2) is 0 Å². The van der Waals surface area contributed by atoms with Gasteiger partial charge in [0.1, 0.15) is 5.56 Å². The summed E-state index contributed by atoms with van der Waals surface area (Å²) in [5.74, 6) is -3.15. The highest BCUT2D eigenvalue weighted by Gasteiger charge is 2.31. The van der Waals surface area contributed by atoms with Crippen LogP contribution in [-0.4, -0.2) is 40.7 Å². The number of aromatic hydroxyl groups is 4. The average molecular weight is 377 g/mol. The third kappa shape index (κ3) is 2.68. The number of aromatic nitrogens is 3. The number of nitro groups is 1. The van der Waals surface area contributed by atoms with Crippen molar-refractivity contribution in [3.8, 4) is 46.0 Å². The smallest absolute Gasteiger partial charge is 0.426 e. The molecule has 0 saturated carbocycles. The maximum Gasteiger partial charge on any atom is 0.426 e. The van der Waals surface area contributed by atoms with Crippen LogP contribution in [0.3, 0.4) is 0 Å². The highest BCUT2D eigenvalue weighted by molar-refractivity contribution is 5.71. The van der Waals surface area contributed by atoms with Crippen LogP contribution in [0.1, 0.15) is 11.3 Å². The predicted molar refractivity (Wildman–Crippen MR) is 85.3 cm³/mol. The first-order valence-corrected chi connectivity index (χ1v) is 7.34. The zero-order chi connectivity index (χ0) is 20.0. The molecule has 0 aliphatic heterocycles. The van der Waals surface area contributed by atoms with E-state index in [1.807, 2.05) is 0 Å². The van der Waals surface area contributed by atoms with Gasteiger partial charge in [0, 0.05) is 18.6 Å². The summed E-state index contributed by atoms with van der Waals surface area (Å²) >= 11 is 0. The number of phenolic OH excluding ortho intramolecular Hbond substituents is 2. The lowest BCUT2D eigenvalue weighted by atomic mass is 10.1. The Kier molecular flexibility index (Phi) is 3.95. The number of hydrogen-bond donors (Lipinski definition) is 5. The molecule has 3 rings (SSSR count). The van der Waals surface area contributed by atoms with Crippen LogP contribution >= 0.6 is 0 Å². The molecule has 0 spiro atoms. The van der Waals surface area contributed by atoms with Crippen molar-refractivity contribution >= 4 is 5.69 Å². The number of phenols is 2. The van der Waals surface area contributed by atoms with E-state index in [-0.39, 0.29) is 39.8 Å². The Hall–Kier alpha value is -4.09. The molecule has 12 heteroatoms. The van der Waals surface area contributed by atoms with Crippen LogP contribution in [0.5, 0.6) is 23.1 Å². The second kappa shape index (κ2) is 6.01. The predicted octanol–water partition coefficient (Wildman–Crippen LogP) is 1.28. The summed E-state index contributed by atoms with van der Waals surface area (Å²) < 4.78 is 5.33. The van der Waals surface area contributed by atoms with E-state index in [4.69, 9.17) is 4.52 Å². The molecule has 0 aliphatic carbocycles. The molecular formula is C15H13N4O8+. The van der Waals surface area contributed by atoms with Gasteiger partial charge in [0.2, 0.25) is 11.6 Å². The fourth-order valence-corrected chi connectivity index (χ4v) is 2.50. The number of rotatable bonds is 3. The van der Waals surface area contributed by atoms with Crippen LogP contribution in [0.15, 0.2) is 16.7 Å². The van der Waals surface area contributed by atoms with Crippen LogP contribution < -0.4 is 4.73 Å². The van der Waals surface area contributed by atoms with Gasteiger partial charge in [0.25, 0.3) is 11.6 Å². The molecule has 5 N–H and O–H groups in total. The molecule has 27 heavy (non-hydrogen) atoms. The van der Waals surface area contributed by atoms with Gasteiger partial charge in [-0.15, -0.1) is 0 Å². The minimum Gasteiger partial charge on any atom is -0.504 e. The van der Waals surface area contributed by atoms with Crippen LogP contribution in [0.25, 0.3) is 22.8 Å². The number of hydrogen-bond acceptors (Lipinski definition) is 10. The molecule has 1 aromatic carbocycles. The van der Waals surface area contributed by atoms with Gasteiger partial charge in [-0.05, 0) is 13.0 Å². The fourth-order valence-electron chi connectivity index (χ4n) is 2.50. The summed E-state index contributed by atoms with van der Waals surface area (Å²) in [7, 11) is 0. The molecule has 0 fully saturated rings. The summed E-state index contributed by atoms with van der Waals surface area (Å²) in [5.41, 5.74) is -0.835. The summed E-state index contributed by atoms with van der Waals surface area (Å²) in [6.45, 7) is 2.82. The maximum atomic E-state index is 11.0. The Morgan fingerprint density at radius 1 is 1.15 bits per heavy atom. The molecule has 12 nitrogen and oxygen atoms in total. The number of nitro benzene ring substituents is 1. The Morgan fingerprint density at radius 2 is 1.81 bits per heavy atom. The zero-order valence-electron chi connectivity index (χ0n) is 13.9. The Labute approximate surface area is 149 Å². The fraction of sp³-hybridized carbons (Fsp3) is 0.133. The summed E-state index contributed by atoms with van der Waals surface area (Å²) in [6, 6.07) is 1.89. The average Bonchev–Trinajstić information content (AvgIpc) is 3.10. The number of pyridine rings is 1. The molecule has 2 aromatic heterocycles. The van der Waals surface area contributed by atoms with Crippen molar-refractivity contribution in [1.82, 2.24) is 10.1 Å². The first-order chi connectivity index (χ1) is 12.6. The van der Waals surface area contributed by atoms with E-state index in [0.29, 0.717) is 4.73 Å². The number of nitrogens with zero attached hydrogens (tertiary/aromatic N) is 4. The third-order valence-corrected chi connectivity index (χ3v) is 3.98. The van der Waals surface area contributed by atoms with Gasteiger partial charge in [0.15, 0.2) is 11.5 Å². The van der Waals surface area contributed by atoms with E-state index in [9.17, 15) is 35.7 Å². The molecule has 140 valence electrons. The first kappa shape index (κ1) is 17.7. The van der Waals surface area contributed by atoms with E-state index in [2.05, 4.69) is 10.1 Å². The second-order valence-corrected chi connectivity index (χ2v) is 5.61. The van der Waals surface area contributed by atoms with Gasteiger partial charge in [0.05, 0.1) is 15.2 Å². The van der Waals surface area contributed by atoms with Crippen molar-refractivity contribution in [3.63, 3.8) is 0 Å². The van der Waals surface area contributed by atoms with E-state index in [1.54, 1.807) is 0 Å².